The van der Waals surface area contributed by atoms with Gasteiger partial charge in [0.2, 0.25) is 5.91 Å². The number of methoxy groups -OCH3 is 1. The average molecular weight is 354 g/mol. The number of anilines is 1. The zero-order valence-corrected chi connectivity index (χ0v) is 14.7. The first-order chi connectivity index (χ1) is 11.6. The van der Waals surface area contributed by atoms with Gasteiger partial charge in [0, 0.05) is 19.1 Å². The van der Waals surface area contributed by atoms with Gasteiger partial charge in [-0.2, -0.15) is 0 Å². The van der Waals surface area contributed by atoms with Crippen molar-refractivity contribution in [1.82, 2.24) is 5.32 Å². The molecule has 8 heteroatoms. The highest BCUT2D eigenvalue weighted by molar-refractivity contribution is 5.98. The van der Waals surface area contributed by atoms with E-state index in [-0.39, 0.29) is 36.1 Å². The number of carbonyl (C=O) groups is 3. The molecule has 1 aromatic carbocycles. The lowest BCUT2D eigenvalue weighted by atomic mass is 10.0. The van der Waals surface area contributed by atoms with Gasteiger partial charge in [-0.1, -0.05) is 13.8 Å². The molecule has 0 bridgehead atoms. The summed E-state index contributed by atoms with van der Waals surface area (Å²) in [6.45, 7) is 4.76. The fraction of sp³-hybridized carbons (Fsp3) is 0.471. The summed E-state index contributed by atoms with van der Waals surface area (Å²) in [6, 6.07) is 3.50. The number of carboxylic acid groups (broad SMARTS) is 1. The normalized spacial score (nSPS) is 13.2. The predicted octanol–water partition coefficient (Wildman–Crippen LogP) is 2.03. The molecule has 0 aliphatic rings. The number of nitrogens with one attached hydrogen (secondary N) is 2. The molecular formula is C17H23FN2O5. The van der Waals surface area contributed by atoms with Gasteiger partial charge in [-0.15, -0.1) is 0 Å². The molecule has 0 aliphatic carbocycles. The quantitative estimate of drug-likeness (QED) is 0.662. The number of aliphatic carboxylic acids is 1. The van der Waals surface area contributed by atoms with Crippen LogP contribution in [0.5, 0.6) is 0 Å². The van der Waals surface area contributed by atoms with E-state index in [0.717, 1.165) is 6.07 Å². The predicted molar refractivity (Wildman–Crippen MR) is 89.9 cm³/mol. The van der Waals surface area contributed by atoms with Gasteiger partial charge in [0.15, 0.2) is 5.54 Å². The topological polar surface area (TPSA) is 105 Å². The van der Waals surface area contributed by atoms with Crippen LogP contribution >= 0.6 is 0 Å². The molecule has 25 heavy (non-hydrogen) atoms. The van der Waals surface area contributed by atoms with Gasteiger partial charge in [0.05, 0.1) is 12.3 Å². The first-order valence-corrected chi connectivity index (χ1v) is 7.73. The second kappa shape index (κ2) is 8.57. The van der Waals surface area contributed by atoms with E-state index in [1.807, 2.05) is 13.8 Å². The average Bonchev–Trinajstić information content (AvgIpc) is 2.48. The monoisotopic (exact) mass is 354 g/mol. The summed E-state index contributed by atoms with van der Waals surface area (Å²) in [7, 11) is 1.31. The molecule has 0 saturated heterocycles. The Bertz CT molecular complexity index is 662. The molecule has 7 nitrogen and oxygen atoms in total. The van der Waals surface area contributed by atoms with Crippen LogP contribution in [0, 0.1) is 11.7 Å². The molecule has 0 aromatic heterocycles. The third kappa shape index (κ3) is 5.82. The van der Waals surface area contributed by atoms with Gasteiger partial charge < -0.3 is 20.5 Å². The molecule has 1 atom stereocenters. The lowest BCUT2D eigenvalue weighted by Crippen LogP contribution is -2.55. The van der Waals surface area contributed by atoms with Crippen LogP contribution in [0.25, 0.3) is 0 Å². The Kier molecular flexibility index (Phi) is 7.05. The summed E-state index contributed by atoms with van der Waals surface area (Å²) in [5, 5.41) is 14.0. The summed E-state index contributed by atoms with van der Waals surface area (Å²) in [4.78, 5) is 35.2. The number of carbonyl (C=O) groups excluding carboxylic acids is 2. The van der Waals surface area contributed by atoms with Crippen LogP contribution in [-0.2, 0) is 14.3 Å². The number of benzene rings is 1. The maximum Gasteiger partial charge on any atom is 0.331 e. The van der Waals surface area contributed by atoms with E-state index >= 15 is 0 Å². The number of ether oxygens (including phenoxy) is 1. The Morgan fingerprint density at radius 3 is 2.44 bits per heavy atom. The Labute approximate surface area is 145 Å². The minimum atomic E-state index is -1.65. The molecular weight excluding hydrogens is 331 g/mol. The van der Waals surface area contributed by atoms with Crippen LogP contribution in [0.15, 0.2) is 18.2 Å². The number of rotatable bonds is 8. The molecule has 1 aromatic rings. The Balaban J connectivity index is 2.90. The molecule has 0 heterocycles. The van der Waals surface area contributed by atoms with Crippen molar-refractivity contribution in [3.63, 3.8) is 0 Å². The fourth-order valence-corrected chi connectivity index (χ4v) is 2.09. The molecule has 0 radical (unpaired) electrons. The van der Waals surface area contributed by atoms with E-state index in [2.05, 4.69) is 10.6 Å². The van der Waals surface area contributed by atoms with Crippen molar-refractivity contribution >= 4 is 23.5 Å². The molecule has 1 unspecified atom stereocenters. The van der Waals surface area contributed by atoms with Gasteiger partial charge in [-0.25, -0.2) is 9.18 Å². The Morgan fingerprint density at radius 2 is 1.96 bits per heavy atom. The number of amides is 2. The van der Waals surface area contributed by atoms with E-state index in [1.54, 1.807) is 0 Å². The Hall–Kier alpha value is -2.48. The second-order valence-corrected chi connectivity index (χ2v) is 6.37. The SMILES string of the molecule is COCC(C)(NC(=O)c1ccc(NC(=O)CC(C)C)c(F)c1)C(=O)O. The standard InChI is InChI=1S/C17H23FN2O5/c1-10(2)7-14(21)19-13-6-5-11(8-12(13)18)15(22)20-17(3,9-25-4)16(23)24/h5-6,8,10H,7,9H2,1-4H3,(H,19,21)(H,20,22)(H,23,24). The van der Waals surface area contributed by atoms with Gasteiger partial charge in [0.25, 0.3) is 5.91 Å². The highest BCUT2D eigenvalue weighted by atomic mass is 19.1. The molecule has 0 fully saturated rings. The van der Waals surface area contributed by atoms with E-state index in [0.29, 0.717) is 0 Å². The first kappa shape index (κ1) is 20.6. The third-order valence-corrected chi connectivity index (χ3v) is 3.39. The molecule has 138 valence electrons. The zero-order chi connectivity index (χ0) is 19.2. The van der Waals surface area contributed by atoms with Crippen LogP contribution in [0.4, 0.5) is 10.1 Å². The van der Waals surface area contributed by atoms with Crippen LogP contribution in [-0.4, -0.2) is 42.1 Å². The van der Waals surface area contributed by atoms with E-state index < -0.39 is 23.2 Å². The van der Waals surface area contributed by atoms with Crippen molar-refractivity contribution in [1.29, 1.82) is 0 Å². The largest absolute Gasteiger partial charge is 0.479 e. The summed E-state index contributed by atoms with van der Waals surface area (Å²) >= 11 is 0. The number of hydrogen-bond donors (Lipinski definition) is 3. The summed E-state index contributed by atoms with van der Waals surface area (Å²) in [5.41, 5.74) is -1.75. The van der Waals surface area contributed by atoms with Gasteiger partial charge >= 0.3 is 5.97 Å². The molecule has 1 rings (SSSR count). The van der Waals surface area contributed by atoms with Crippen molar-refractivity contribution in [3.8, 4) is 0 Å². The molecule has 0 saturated carbocycles. The molecule has 2 amide bonds. The minimum Gasteiger partial charge on any atom is -0.479 e. The summed E-state index contributed by atoms with van der Waals surface area (Å²) in [6.07, 6.45) is 0.246. The lowest BCUT2D eigenvalue weighted by molar-refractivity contribution is -0.145. The van der Waals surface area contributed by atoms with E-state index in [4.69, 9.17) is 4.74 Å². The lowest BCUT2D eigenvalue weighted by Gasteiger charge is -2.25. The highest BCUT2D eigenvalue weighted by Gasteiger charge is 2.35. The van der Waals surface area contributed by atoms with Crippen LogP contribution < -0.4 is 10.6 Å². The number of hydrogen-bond acceptors (Lipinski definition) is 4. The van der Waals surface area contributed by atoms with Gasteiger partial charge in [-0.05, 0) is 31.0 Å². The summed E-state index contributed by atoms with van der Waals surface area (Å²) in [5.74, 6) is -3.03. The molecule has 3 N–H and O–H groups in total. The minimum absolute atomic E-state index is 0.0416. The second-order valence-electron chi connectivity index (χ2n) is 6.37. The molecule has 0 spiro atoms. The van der Waals surface area contributed by atoms with Crippen molar-refractivity contribution in [2.24, 2.45) is 5.92 Å². The Morgan fingerprint density at radius 1 is 1.32 bits per heavy atom. The van der Waals surface area contributed by atoms with Crippen molar-refractivity contribution in [2.45, 2.75) is 32.7 Å². The maximum absolute atomic E-state index is 14.1. The first-order valence-electron chi connectivity index (χ1n) is 7.73. The smallest absolute Gasteiger partial charge is 0.331 e. The van der Waals surface area contributed by atoms with Gasteiger partial charge in [-0.3, -0.25) is 9.59 Å². The van der Waals surface area contributed by atoms with Crippen LogP contribution in [0.1, 0.15) is 37.6 Å². The third-order valence-electron chi connectivity index (χ3n) is 3.39. The highest BCUT2D eigenvalue weighted by Crippen LogP contribution is 2.18. The van der Waals surface area contributed by atoms with Gasteiger partial charge in [0.1, 0.15) is 5.82 Å². The van der Waals surface area contributed by atoms with Crippen molar-refractivity contribution < 1.29 is 28.6 Å². The van der Waals surface area contributed by atoms with E-state index in [9.17, 15) is 23.9 Å². The van der Waals surface area contributed by atoms with Crippen LogP contribution in [0.2, 0.25) is 0 Å². The fourth-order valence-electron chi connectivity index (χ4n) is 2.09. The van der Waals surface area contributed by atoms with E-state index in [1.165, 1.54) is 26.2 Å². The number of carboxylic acids is 1. The maximum atomic E-state index is 14.1. The van der Waals surface area contributed by atoms with Crippen molar-refractivity contribution in [3.05, 3.63) is 29.6 Å². The van der Waals surface area contributed by atoms with Crippen molar-refractivity contribution in [2.75, 3.05) is 19.0 Å². The van der Waals surface area contributed by atoms with Crippen LogP contribution in [0.3, 0.4) is 0 Å². The molecule has 0 aliphatic heterocycles. The summed E-state index contributed by atoms with van der Waals surface area (Å²) < 4.78 is 18.9. The zero-order valence-electron chi connectivity index (χ0n) is 14.7. The number of halogens is 1.